The second-order valence-corrected chi connectivity index (χ2v) is 6.76. The van der Waals surface area contributed by atoms with Crippen LogP contribution < -0.4 is 0 Å². The molecule has 1 saturated heterocycles. The summed E-state index contributed by atoms with van der Waals surface area (Å²) >= 11 is 5.73. The number of epoxide rings is 1. The fourth-order valence-corrected chi connectivity index (χ4v) is 3.19. The van der Waals surface area contributed by atoms with Crippen molar-refractivity contribution in [3.63, 3.8) is 0 Å². The maximum absolute atomic E-state index is 14.1. The van der Waals surface area contributed by atoms with E-state index < -0.39 is 35.7 Å². The van der Waals surface area contributed by atoms with E-state index in [1.165, 1.54) is 22.9 Å². The molecule has 0 spiro atoms. The Labute approximate surface area is 160 Å². The lowest BCUT2D eigenvalue weighted by molar-refractivity contribution is -0.138. The standard InChI is InChI=1S/C18H11ClF4N2O3/c19-10-3-1-8(12(20)6-10)7-25-13-4-2-9(18(21,22)23)5-11(13)14(24-25)15-16(28-15)17(26)27/h1-6,15-16H,7H2,(H,26,27). The van der Waals surface area contributed by atoms with Crippen molar-refractivity contribution in [3.05, 3.63) is 64.1 Å². The summed E-state index contributed by atoms with van der Waals surface area (Å²) in [6, 6.07) is 7.07. The highest BCUT2D eigenvalue weighted by Crippen LogP contribution is 2.42. The number of carboxylic acids is 1. The molecule has 3 aromatic rings. The zero-order valence-electron chi connectivity index (χ0n) is 13.9. The van der Waals surface area contributed by atoms with Gasteiger partial charge in [0.2, 0.25) is 0 Å². The fraction of sp³-hybridized carbons (Fsp3) is 0.222. The van der Waals surface area contributed by atoms with Crippen LogP contribution in [0.25, 0.3) is 10.9 Å². The van der Waals surface area contributed by atoms with Gasteiger partial charge in [-0.25, -0.2) is 9.18 Å². The van der Waals surface area contributed by atoms with Crippen LogP contribution in [0.1, 0.15) is 22.9 Å². The van der Waals surface area contributed by atoms with Gasteiger partial charge in [0.05, 0.1) is 17.6 Å². The molecule has 0 saturated carbocycles. The van der Waals surface area contributed by atoms with Crippen molar-refractivity contribution >= 4 is 28.5 Å². The first-order valence-electron chi connectivity index (χ1n) is 8.05. The summed E-state index contributed by atoms with van der Waals surface area (Å²) in [7, 11) is 0. The van der Waals surface area contributed by atoms with Crippen LogP contribution >= 0.6 is 11.6 Å². The monoisotopic (exact) mass is 414 g/mol. The van der Waals surface area contributed by atoms with Crippen LogP contribution in [0, 0.1) is 5.82 Å². The molecule has 1 aliphatic rings. The molecule has 2 aromatic carbocycles. The lowest BCUT2D eigenvalue weighted by atomic mass is 10.1. The van der Waals surface area contributed by atoms with Crippen LogP contribution in [0.5, 0.6) is 0 Å². The van der Waals surface area contributed by atoms with Gasteiger partial charge in [-0.05, 0) is 30.3 Å². The molecule has 4 rings (SSSR count). The summed E-state index contributed by atoms with van der Waals surface area (Å²) in [4.78, 5) is 11.1. The molecule has 28 heavy (non-hydrogen) atoms. The van der Waals surface area contributed by atoms with E-state index in [1.807, 2.05) is 0 Å². The average Bonchev–Trinajstić information content (AvgIpc) is 3.33. The first-order chi connectivity index (χ1) is 13.1. The highest BCUT2D eigenvalue weighted by atomic mass is 35.5. The number of ether oxygens (including phenoxy) is 1. The topological polar surface area (TPSA) is 67.7 Å². The normalized spacial score (nSPS) is 19.2. The van der Waals surface area contributed by atoms with Crippen molar-refractivity contribution in [3.8, 4) is 0 Å². The predicted octanol–water partition coefficient (Wildman–Crippen LogP) is 4.42. The average molecular weight is 415 g/mol. The maximum Gasteiger partial charge on any atom is 0.416 e. The Morgan fingerprint density at radius 1 is 1.25 bits per heavy atom. The molecule has 2 heterocycles. The number of benzene rings is 2. The number of aliphatic carboxylic acids is 1. The van der Waals surface area contributed by atoms with Crippen LogP contribution in [0.4, 0.5) is 17.6 Å². The molecule has 1 fully saturated rings. The Morgan fingerprint density at radius 2 is 2.00 bits per heavy atom. The van der Waals surface area contributed by atoms with Gasteiger partial charge >= 0.3 is 12.1 Å². The molecule has 2 atom stereocenters. The number of hydrogen-bond donors (Lipinski definition) is 1. The third kappa shape index (κ3) is 3.31. The van der Waals surface area contributed by atoms with Crippen molar-refractivity contribution in [1.82, 2.24) is 9.78 Å². The minimum atomic E-state index is -4.58. The van der Waals surface area contributed by atoms with Gasteiger partial charge in [0.15, 0.2) is 6.10 Å². The van der Waals surface area contributed by atoms with Gasteiger partial charge in [0.25, 0.3) is 0 Å². The Bertz CT molecular complexity index is 1100. The minimum absolute atomic E-state index is 0.0721. The molecule has 0 bridgehead atoms. The Balaban J connectivity index is 1.81. The Morgan fingerprint density at radius 3 is 2.61 bits per heavy atom. The van der Waals surface area contributed by atoms with Crippen molar-refractivity contribution in [2.45, 2.75) is 24.9 Å². The quantitative estimate of drug-likeness (QED) is 0.507. The number of carboxylic acid groups (broad SMARTS) is 1. The predicted molar refractivity (Wildman–Crippen MR) is 90.5 cm³/mol. The summed E-state index contributed by atoms with van der Waals surface area (Å²) in [5, 5.41) is 13.6. The summed E-state index contributed by atoms with van der Waals surface area (Å²) in [6.45, 7) is -0.0741. The maximum atomic E-state index is 14.1. The largest absolute Gasteiger partial charge is 0.479 e. The molecule has 10 heteroatoms. The van der Waals surface area contributed by atoms with E-state index in [-0.39, 0.29) is 28.2 Å². The first-order valence-corrected chi connectivity index (χ1v) is 8.43. The van der Waals surface area contributed by atoms with Gasteiger partial charge in [0.1, 0.15) is 17.6 Å². The second kappa shape index (κ2) is 6.46. The fourth-order valence-electron chi connectivity index (χ4n) is 3.03. The minimum Gasteiger partial charge on any atom is -0.479 e. The summed E-state index contributed by atoms with van der Waals surface area (Å²) in [6.07, 6.45) is -6.71. The van der Waals surface area contributed by atoms with Gasteiger partial charge < -0.3 is 9.84 Å². The molecular weight excluding hydrogens is 404 g/mol. The molecule has 0 amide bonds. The number of nitrogens with zero attached hydrogens (tertiary/aromatic N) is 2. The number of aromatic nitrogens is 2. The van der Waals surface area contributed by atoms with E-state index in [0.29, 0.717) is 5.52 Å². The zero-order chi connectivity index (χ0) is 20.2. The van der Waals surface area contributed by atoms with E-state index >= 15 is 0 Å². The highest BCUT2D eigenvalue weighted by Gasteiger charge is 2.49. The molecule has 1 aliphatic heterocycles. The van der Waals surface area contributed by atoms with Crippen molar-refractivity contribution in [2.75, 3.05) is 0 Å². The third-order valence-corrected chi connectivity index (χ3v) is 4.68. The van der Waals surface area contributed by atoms with Gasteiger partial charge in [0, 0.05) is 16.0 Å². The molecular formula is C18H11ClF4N2O3. The van der Waals surface area contributed by atoms with Crippen LogP contribution in [0.3, 0.4) is 0 Å². The van der Waals surface area contributed by atoms with Gasteiger partial charge in [-0.2, -0.15) is 18.3 Å². The first kappa shape index (κ1) is 18.7. The smallest absolute Gasteiger partial charge is 0.416 e. The van der Waals surface area contributed by atoms with E-state index in [0.717, 1.165) is 18.2 Å². The number of fused-ring (bicyclic) bond motifs is 1. The summed E-state index contributed by atoms with van der Waals surface area (Å²) in [5.74, 6) is -1.82. The van der Waals surface area contributed by atoms with E-state index in [2.05, 4.69) is 5.10 Å². The number of carbonyl (C=O) groups is 1. The number of alkyl halides is 3. The summed E-state index contributed by atoms with van der Waals surface area (Å²) < 4.78 is 59.8. The number of halogens is 5. The molecule has 2 unspecified atom stereocenters. The molecule has 5 nitrogen and oxygen atoms in total. The summed E-state index contributed by atoms with van der Waals surface area (Å²) in [5.41, 5.74) is -0.294. The van der Waals surface area contributed by atoms with Crippen LogP contribution in [-0.4, -0.2) is 27.0 Å². The van der Waals surface area contributed by atoms with Gasteiger partial charge in [-0.1, -0.05) is 17.7 Å². The van der Waals surface area contributed by atoms with Crippen molar-refractivity contribution < 1.29 is 32.2 Å². The van der Waals surface area contributed by atoms with Crippen LogP contribution in [0.15, 0.2) is 36.4 Å². The van der Waals surface area contributed by atoms with Crippen LogP contribution in [0.2, 0.25) is 5.02 Å². The van der Waals surface area contributed by atoms with E-state index in [1.54, 1.807) is 0 Å². The third-order valence-electron chi connectivity index (χ3n) is 4.45. The number of rotatable bonds is 4. The molecule has 0 aliphatic carbocycles. The van der Waals surface area contributed by atoms with Gasteiger partial charge in [-0.3, -0.25) is 4.68 Å². The van der Waals surface area contributed by atoms with Crippen LogP contribution in [-0.2, 0) is 22.3 Å². The van der Waals surface area contributed by atoms with Crippen molar-refractivity contribution in [1.29, 1.82) is 0 Å². The number of hydrogen-bond acceptors (Lipinski definition) is 3. The zero-order valence-corrected chi connectivity index (χ0v) is 14.6. The van der Waals surface area contributed by atoms with Gasteiger partial charge in [-0.15, -0.1) is 0 Å². The lowest BCUT2D eigenvalue weighted by Gasteiger charge is -2.08. The molecule has 0 radical (unpaired) electrons. The van der Waals surface area contributed by atoms with E-state index in [4.69, 9.17) is 21.4 Å². The second-order valence-electron chi connectivity index (χ2n) is 6.32. The van der Waals surface area contributed by atoms with Crippen molar-refractivity contribution in [2.24, 2.45) is 0 Å². The highest BCUT2D eigenvalue weighted by molar-refractivity contribution is 6.30. The SMILES string of the molecule is O=C(O)C1OC1c1nn(Cc2ccc(Cl)cc2F)c2ccc(C(F)(F)F)cc12. The molecule has 1 aromatic heterocycles. The Kier molecular flexibility index (Phi) is 4.31. The molecule has 146 valence electrons. The van der Waals surface area contributed by atoms with E-state index in [9.17, 15) is 22.4 Å². The lowest BCUT2D eigenvalue weighted by Crippen LogP contribution is -2.06. The Hall–Kier alpha value is -2.65. The molecule has 1 N–H and O–H groups in total.